The number of rotatable bonds is 5. The molecule has 2 rings (SSSR count). The van der Waals surface area contributed by atoms with Crippen LogP contribution in [-0.4, -0.2) is 11.1 Å². The molecule has 0 atom stereocenters. The van der Waals surface area contributed by atoms with E-state index >= 15 is 0 Å². The average molecular weight is 278 g/mol. The van der Waals surface area contributed by atoms with E-state index in [4.69, 9.17) is 9.84 Å². The van der Waals surface area contributed by atoms with Crippen LogP contribution in [0.4, 0.5) is 4.39 Å². The standard InChI is InChI=1S/C14H11FO3S/c15-10-2-1-3-11(8-10)18-9-13-5-4-12(19-13)6-7-14(16)17/h1-8H,9H2,(H,16,17). The fourth-order valence-corrected chi connectivity index (χ4v) is 2.26. The van der Waals surface area contributed by atoms with E-state index in [2.05, 4.69) is 0 Å². The lowest BCUT2D eigenvalue weighted by Crippen LogP contribution is -1.92. The van der Waals surface area contributed by atoms with Gasteiger partial charge in [0.2, 0.25) is 0 Å². The molecule has 0 fully saturated rings. The molecule has 0 aliphatic rings. The molecule has 0 bridgehead atoms. The van der Waals surface area contributed by atoms with E-state index < -0.39 is 5.97 Å². The van der Waals surface area contributed by atoms with E-state index in [0.29, 0.717) is 12.4 Å². The second-order valence-electron chi connectivity index (χ2n) is 3.72. The molecule has 0 amide bonds. The van der Waals surface area contributed by atoms with Crippen molar-refractivity contribution in [3.63, 3.8) is 0 Å². The molecular formula is C14H11FO3S. The van der Waals surface area contributed by atoms with Gasteiger partial charge in [-0.05, 0) is 30.3 Å². The second kappa shape index (κ2) is 6.15. The van der Waals surface area contributed by atoms with Gasteiger partial charge in [-0.2, -0.15) is 0 Å². The van der Waals surface area contributed by atoms with Crippen molar-refractivity contribution in [3.8, 4) is 5.75 Å². The number of hydrogen-bond donors (Lipinski definition) is 1. The predicted octanol–water partition coefficient (Wildman–Crippen LogP) is 3.56. The number of halogens is 1. The summed E-state index contributed by atoms with van der Waals surface area (Å²) in [5.74, 6) is -0.851. The summed E-state index contributed by atoms with van der Waals surface area (Å²) < 4.78 is 18.4. The maximum absolute atomic E-state index is 12.9. The van der Waals surface area contributed by atoms with Gasteiger partial charge in [0.1, 0.15) is 18.2 Å². The van der Waals surface area contributed by atoms with E-state index in [-0.39, 0.29) is 5.82 Å². The van der Waals surface area contributed by atoms with Crippen molar-refractivity contribution in [1.82, 2.24) is 0 Å². The van der Waals surface area contributed by atoms with Crippen LogP contribution in [0, 0.1) is 5.82 Å². The molecule has 2 aromatic rings. The summed E-state index contributed by atoms with van der Waals surface area (Å²) in [5.41, 5.74) is 0. The highest BCUT2D eigenvalue weighted by Gasteiger charge is 2.01. The van der Waals surface area contributed by atoms with Crippen molar-refractivity contribution in [2.75, 3.05) is 0 Å². The van der Waals surface area contributed by atoms with Crippen LogP contribution < -0.4 is 4.74 Å². The van der Waals surface area contributed by atoms with Crippen molar-refractivity contribution < 1.29 is 19.0 Å². The van der Waals surface area contributed by atoms with Gasteiger partial charge in [-0.3, -0.25) is 0 Å². The van der Waals surface area contributed by atoms with Gasteiger partial charge >= 0.3 is 5.97 Å². The van der Waals surface area contributed by atoms with Gasteiger partial charge in [0.15, 0.2) is 0 Å². The molecule has 98 valence electrons. The summed E-state index contributed by atoms with van der Waals surface area (Å²) in [7, 11) is 0. The maximum Gasteiger partial charge on any atom is 0.328 e. The van der Waals surface area contributed by atoms with Crippen LogP contribution in [0.5, 0.6) is 5.75 Å². The number of hydrogen-bond acceptors (Lipinski definition) is 3. The molecule has 0 saturated carbocycles. The van der Waals surface area contributed by atoms with E-state index in [0.717, 1.165) is 15.8 Å². The lowest BCUT2D eigenvalue weighted by Gasteiger charge is -2.03. The lowest BCUT2D eigenvalue weighted by molar-refractivity contribution is -0.131. The number of carboxylic acid groups (broad SMARTS) is 1. The van der Waals surface area contributed by atoms with E-state index in [9.17, 15) is 9.18 Å². The number of thiophene rings is 1. The predicted molar refractivity (Wildman–Crippen MR) is 71.7 cm³/mol. The van der Waals surface area contributed by atoms with Crippen molar-refractivity contribution >= 4 is 23.4 Å². The smallest absolute Gasteiger partial charge is 0.328 e. The SMILES string of the molecule is O=C(O)C=Cc1ccc(COc2cccc(F)c2)s1. The van der Waals surface area contributed by atoms with E-state index in [1.165, 1.54) is 29.5 Å². The third-order valence-corrected chi connectivity index (χ3v) is 3.27. The summed E-state index contributed by atoms with van der Waals surface area (Å²) in [5, 5.41) is 8.52. The average Bonchev–Trinajstić information content (AvgIpc) is 2.82. The highest BCUT2D eigenvalue weighted by atomic mass is 32.1. The maximum atomic E-state index is 12.9. The van der Waals surface area contributed by atoms with Crippen LogP contribution in [0.3, 0.4) is 0 Å². The number of ether oxygens (including phenoxy) is 1. The molecule has 0 aliphatic heterocycles. The molecule has 0 unspecified atom stereocenters. The summed E-state index contributed by atoms with van der Waals surface area (Å²) in [4.78, 5) is 12.2. The molecule has 1 aromatic carbocycles. The Morgan fingerprint density at radius 1 is 1.37 bits per heavy atom. The Morgan fingerprint density at radius 3 is 2.95 bits per heavy atom. The third-order valence-electron chi connectivity index (χ3n) is 2.25. The molecule has 0 saturated heterocycles. The number of carboxylic acids is 1. The number of aliphatic carboxylic acids is 1. The first-order chi connectivity index (χ1) is 9.13. The van der Waals surface area contributed by atoms with Crippen LogP contribution in [0.25, 0.3) is 6.08 Å². The Bertz CT molecular complexity index is 604. The largest absolute Gasteiger partial charge is 0.488 e. The lowest BCUT2D eigenvalue weighted by atomic mass is 10.3. The minimum Gasteiger partial charge on any atom is -0.488 e. The van der Waals surface area contributed by atoms with Crippen molar-refractivity contribution in [1.29, 1.82) is 0 Å². The number of benzene rings is 1. The molecule has 1 heterocycles. The fourth-order valence-electron chi connectivity index (χ4n) is 1.43. The van der Waals surface area contributed by atoms with Gasteiger partial charge in [-0.15, -0.1) is 11.3 Å². The Kier molecular flexibility index (Phi) is 4.30. The molecule has 1 aromatic heterocycles. The Hall–Kier alpha value is -2.14. The normalized spacial score (nSPS) is 10.8. The van der Waals surface area contributed by atoms with Gasteiger partial charge in [-0.1, -0.05) is 6.07 Å². The summed E-state index contributed by atoms with van der Waals surface area (Å²) in [6.45, 7) is 0.328. The minimum atomic E-state index is -0.981. The van der Waals surface area contributed by atoms with Crippen LogP contribution in [0.1, 0.15) is 9.75 Å². The Balaban J connectivity index is 1.95. The summed E-state index contributed by atoms with van der Waals surface area (Å²) in [6.07, 6.45) is 2.61. The Morgan fingerprint density at radius 2 is 2.21 bits per heavy atom. The van der Waals surface area contributed by atoms with Crippen LogP contribution >= 0.6 is 11.3 Å². The van der Waals surface area contributed by atoms with Crippen LogP contribution in [-0.2, 0) is 11.4 Å². The quantitative estimate of drug-likeness (QED) is 0.850. The van der Waals surface area contributed by atoms with Gasteiger partial charge in [0, 0.05) is 21.9 Å². The minimum absolute atomic E-state index is 0.328. The van der Waals surface area contributed by atoms with Gasteiger partial charge in [0.25, 0.3) is 0 Å². The van der Waals surface area contributed by atoms with Crippen molar-refractivity contribution in [2.24, 2.45) is 0 Å². The highest BCUT2D eigenvalue weighted by molar-refractivity contribution is 7.12. The Labute approximate surface area is 113 Å². The monoisotopic (exact) mass is 278 g/mol. The molecular weight excluding hydrogens is 267 g/mol. The highest BCUT2D eigenvalue weighted by Crippen LogP contribution is 2.20. The number of carbonyl (C=O) groups is 1. The first kappa shape index (κ1) is 13.3. The van der Waals surface area contributed by atoms with Gasteiger partial charge < -0.3 is 9.84 Å². The van der Waals surface area contributed by atoms with Gasteiger partial charge in [0.05, 0.1) is 0 Å². The molecule has 3 nitrogen and oxygen atoms in total. The van der Waals surface area contributed by atoms with Crippen molar-refractivity contribution in [2.45, 2.75) is 6.61 Å². The third kappa shape index (κ3) is 4.22. The summed E-state index contributed by atoms with van der Waals surface area (Å²) in [6, 6.07) is 9.60. The zero-order valence-corrected chi connectivity index (χ0v) is 10.7. The topological polar surface area (TPSA) is 46.5 Å². The first-order valence-electron chi connectivity index (χ1n) is 5.51. The molecule has 5 heteroatoms. The van der Waals surface area contributed by atoms with Crippen molar-refractivity contribution in [3.05, 3.63) is 58.0 Å². The van der Waals surface area contributed by atoms with Crippen LogP contribution in [0.15, 0.2) is 42.5 Å². The van der Waals surface area contributed by atoms with E-state index in [1.807, 2.05) is 12.1 Å². The zero-order valence-electron chi connectivity index (χ0n) is 9.88. The van der Waals surface area contributed by atoms with Crippen LogP contribution in [0.2, 0.25) is 0 Å². The zero-order chi connectivity index (χ0) is 13.7. The molecule has 0 aliphatic carbocycles. The fraction of sp³-hybridized carbons (Fsp3) is 0.0714. The van der Waals surface area contributed by atoms with Gasteiger partial charge in [-0.25, -0.2) is 9.18 Å². The van der Waals surface area contributed by atoms with E-state index in [1.54, 1.807) is 12.1 Å². The molecule has 19 heavy (non-hydrogen) atoms. The molecule has 0 spiro atoms. The molecule has 0 radical (unpaired) electrons. The molecule has 1 N–H and O–H groups in total. The summed E-state index contributed by atoms with van der Waals surface area (Å²) >= 11 is 1.43. The second-order valence-corrected chi connectivity index (χ2v) is 4.92. The first-order valence-corrected chi connectivity index (χ1v) is 6.33.